The zero-order valence-electron chi connectivity index (χ0n) is 17.9. The number of hydrogen-bond donors (Lipinski definition) is 2. The molecular formula is C24H17F4N3O4. The first-order valence-corrected chi connectivity index (χ1v) is 10.7. The van der Waals surface area contributed by atoms with Crippen molar-refractivity contribution in [1.82, 2.24) is 9.88 Å². The number of fused-ring (bicyclic) bond motifs is 6. The van der Waals surface area contributed by atoms with E-state index in [1.807, 2.05) is 0 Å². The number of anilines is 1. The van der Waals surface area contributed by atoms with Gasteiger partial charge in [-0.3, -0.25) is 14.4 Å². The van der Waals surface area contributed by atoms with Gasteiger partial charge < -0.3 is 19.9 Å². The Morgan fingerprint density at radius 3 is 2.51 bits per heavy atom. The molecule has 3 aromatic rings. The molecule has 2 amide bonds. The van der Waals surface area contributed by atoms with Gasteiger partial charge in [0.15, 0.2) is 11.4 Å². The van der Waals surface area contributed by atoms with Crippen molar-refractivity contribution in [1.29, 1.82) is 0 Å². The van der Waals surface area contributed by atoms with E-state index < -0.39 is 70.0 Å². The van der Waals surface area contributed by atoms with E-state index in [1.165, 1.54) is 21.6 Å². The van der Waals surface area contributed by atoms with Crippen molar-refractivity contribution in [2.75, 3.05) is 11.4 Å². The number of pyridine rings is 1. The molecule has 2 aromatic carbocycles. The minimum absolute atomic E-state index is 0.123. The number of benzene rings is 2. The van der Waals surface area contributed by atoms with E-state index in [-0.39, 0.29) is 18.7 Å². The SMILES string of the molecule is O=C(NCc1c(F)cc(F)cc1F)c1cn2c(c(O)c1=O)C(=O)N1C[C@H]2CCc2c(F)cccc21. The van der Waals surface area contributed by atoms with E-state index in [4.69, 9.17) is 0 Å². The van der Waals surface area contributed by atoms with Gasteiger partial charge in [-0.2, -0.15) is 0 Å². The number of rotatable bonds is 3. The maximum atomic E-state index is 14.4. The summed E-state index contributed by atoms with van der Waals surface area (Å²) >= 11 is 0. The summed E-state index contributed by atoms with van der Waals surface area (Å²) < 4.78 is 56.6. The van der Waals surface area contributed by atoms with Crippen LogP contribution in [0.25, 0.3) is 0 Å². The van der Waals surface area contributed by atoms with Gasteiger partial charge in [-0.05, 0) is 25.0 Å². The lowest BCUT2D eigenvalue weighted by Gasteiger charge is -2.35. The van der Waals surface area contributed by atoms with Gasteiger partial charge in [0, 0.05) is 42.5 Å². The van der Waals surface area contributed by atoms with Gasteiger partial charge >= 0.3 is 0 Å². The highest BCUT2D eigenvalue weighted by molar-refractivity contribution is 6.08. The van der Waals surface area contributed by atoms with Crippen LogP contribution in [0.2, 0.25) is 0 Å². The normalized spacial score (nSPS) is 16.4. The Morgan fingerprint density at radius 2 is 1.80 bits per heavy atom. The number of nitrogens with one attached hydrogen (secondary N) is 1. The summed E-state index contributed by atoms with van der Waals surface area (Å²) in [5.74, 6) is -6.79. The molecule has 11 heteroatoms. The van der Waals surface area contributed by atoms with Gasteiger partial charge in [0.05, 0.1) is 11.7 Å². The van der Waals surface area contributed by atoms with Gasteiger partial charge in [0.1, 0.15) is 28.8 Å². The fraction of sp³-hybridized carbons (Fsp3) is 0.208. The van der Waals surface area contributed by atoms with E-state index >= 15 is 0 Å². The minimum Gasteiger partial charge on any atom is -0.503 e. The Hall–Kier alpha value is -4.15. The van der Waals surface area contributed by atoms with Gasteiger partial charge in [-0.25, -0.2) is 17.6 Å². The molecule has 2 aliphatic rings. The number of nitrogens with zero attached hydrogens (tertiary/aromatic N) is 2. The van der Waals surface area contributed by atoms with Crippen molar-refractivity contribution in [3.05, 3.63) is 92.4 Å². The first-order chi connectivity index (χ1) is 16.7. The molecule has 0 spiro atoms. The zero-order chi connectivity index (χ0) is 25.0. The molecule has 2 aliphatic heterocycles. The fourth-order valence-electron chi connectivity index (χ4n) is 4.59. The van der Waals surface area contributed by atoms with Crippen LogP contribution in [0.5, 0.6) is 5.75 Å². The summed E-state index contributed by atoms with van der Waals surface area (Å²) in [6, 6.07) is 4.74. The van der Waals surface area contributed by atoms with Crippen LogP contribution in [0.4, 0.5) is 23.2 Å². The molecule has 1 atom stereocenters. The van der Waals surface area contributed by atoms with E-state index in [0.717, 1.165) is 6.20 Å². The predicted octanol–water partition coefficient (Wildman–Crippen LogP) is 3.19. The molecule has 0 saturated carbocycles. The molecular weight excluding hydrogens is 470 g/mol. The Balaban J connectivity index is 1.51. The van der Waals surface area contributed by atoms with Crippen molar-refractivity contribution < 1.29 is 32.3 Å². The topological polar surface area (TPSA) is 91.6 Å². The van der Waals surface area contributed by atoms with E-state index in [0.29, 0.717) is 29.8 Å². The third-order valence-electron chi connectivity index (χ3n) is 6.33. The van der Waals surface area contributed by atoms with Crippen molar-refractivity contribution >= 4 is 17.5 Å². The van der Waals surface area contributed by atoms with E-state index in [9.17, 15) is 37.1 Å². The third-order valence-corrected chi connectivity index (χ3v) is 6.33. The van der Waals surface area contributed by atoms with Crippen molar-refractivity contribution in [3.63, 3.8) is 0 Å². The van der Waals surface area contributed by atoms with E-state index in [2.05, 4.69) is 5.32 Å². The van der Waals surface area contributed by atoms with Crippen LogP contribution in [-0.4, -0.2) is 28.0 Å². The van der Waals surface area contributed by atoms with Crippen LogP contribution >= 0.6 is 0 Å². The molecule has 0 fully saturated rings. The van der Waals surface area contributed by atoms with Crippen LogP contribution in [-0.2, 0) is 13.0 Å². The smallest absolute Gasteiger partial charge is 0.279 e. The van der Waals surface area contributed by atoms with Gasteiger partial charge in [0.2, 0.25) is 5.43 Å². The lowest BCUT2D eigenvalue weighted by atomic mass is 10.0. The van der Waals surface area contributed by atoms with Gasteiger partial charge in [0.25, 0.3) is 11.8 Å². The van der Waals surface area contributed by atoms with Crippen LogP contribution < -0.4 is 15.6 Å². The maximum absolute atomic E-state index is 14.4. The number of aromatic hydroxyl groups is 1. The first kappa shape index (κ1) is 22.6. The van der Waals surface area contributed by atoms with Crippen LogP contribution in [0.1, 0.15) is 44.4 Å². The molecule has 7 nitrogen and oxygen atoms in total. The summed E-state index contributed by atoms with van der Waals surface area (Å²) in [7, 11) is 0. The summed E-state index contributed by atoms with van der Waals surface area (Å²) in [6.07, 6.45) is 1.73. The second kappa shape index (κ2) is 8.26. The summed E-state index contributed by atoms with van der Waals surface area (Å²) in [6.45, 7) is -0.568. The van der Waals surface area contributed by atoms with Crippen molar-refractivity contribution in [2.24, 2.45) is 0 Å². The number of aromatic nitrogens is 1. The monoisotopic (exact) mass is 487 g/mol. The number of halogens is 4. The van der Waals surface area contributed by atoms with Crippen molar-refractivity contribution in [2.45, 2.75) is 25.4 Å². The molecule has 0 radical (unpaired) electrons. The Labute approximate surface area is 195 Å². The molecule has 2 N–H and O–H groups in total. The highest BCUT2D eigenvalue weighted by Gasteiger charge is 2.39. The van der Waals surface area contributed by atoms with E-state index in [1.54, 1.807) is 6.07 Å². The molecule has 1 aromatic heterocycles. The highest BCUT2D eigenvalue weighted by atomic mass is 19.1. The average Bonchev–Trinajstić information content (AvgIpc) is 2.98. The molecule has 0 aliphatic carbocycles. The summed E-state index contributed by atoms with van der Waals surface area (Å²) in [5.41, 5.74) is -1.97. The minimum atomic E-state index is -1.22. The van der Waals surface area contributed by atoms with Crippen LogP contribution in [0.3, 0.4) is 0 Å². The lowest BCUT2D eigenvalue weighted by molar-refractivity contribution is 0.0929. The molecule has 2 bridgehead atoms. The maximum Gasteiger partial charge on any atom is 0.279 e. The average molecular weight is 487 g/mol. The van der Waals surface area contributed by atoms with Gasteiger partial charge in [-0.15, -0.1) is 0 Å². The molecule has 0 saturated heterocycles. The lowest BCUT2D eigenvalue weighted by Crippen LogP contribution is -2.44. The highest BCUT2D eigenvalue weighted by Crippen LogP contribution is 2.38. The molecule has 35 heavy (non-hydrogen) atoms. The Bertz CT molecular complexity index is 1450. The molecule has 0 unspecified atom stereocenters. The molecule has 3 heterocycles. The molecule has 5 rings (SSSR count). The molecule has 180 valence electrons. The second-order valence-corrected chi connectivity index (χ2v) is 8.35. The predicted molar refractivity (Wildman–Crippen MR) is 115 cm³/mol. The van der Waals surface area contributed by atoms with Gasteiger partial charge in [-0.1, -0.05) is 6.07 Å². The van der Waals surface area contributed by atoms with Crippen LogP contribution in [0, 0.1) is 23.3 Å². The zero-order valence-corrected chi connectivity index (χ0v) is 17.9. The van der Waals surface area contributed by atoms with Crippen molar-refractivity contribution in [3.8, 4) is 5.75 Å². The second-order valence-electron chi connectivity index (χ2n) is 8.35. The number of carbonyl (C=O) groups excluding carboxylic acids is 2. The number of amides is 2. The summed E-state index contributed by atoms with van der Waals surface area (Å²) in [4.78, 5) is 40.0. The number of carbonyl (C=O) groups is 2. The van der Waals surface area contributed by atoms with Crippen LogP contribution in [0.15, 0.2) is 41.3 Å². The Morgan fingerprint density at radius 1 is 1.09 bits per heavy atom. The number of hydrogen-bond acceptors (Lipinski definition) is 4. The Kier molecular flexibility index (Phi) is 5.34. The largest absolute Gasteiger partial charge is 0.503 e. The first-order valence-electron chi connectivity index (χ1n) is 10.7. The fourth-order valence-corrected chi connectivity index (χ4v) is 4.59. The standard InChI is InChI=1S/C24H17F4N3O4/c25-11-6-17(27)14(18(28)7-11)8-29-23(34)15-10-30-12-4-5-13-16(26)2-1-3-19(13)31(9-12)24(35)20(30)22(33)21(15)32/h1-3,6-7,10,12,33H,4-5,8-9H2,(H,29,34)/t12-/m1/s1. The summed E-state index contributed by atoms with van der Waals surface area (Å²) in [5, 5.41) is 12.8. The quantitative estimate of drug-likeness (QED) is 0.556. The third kappa shape index (κ3) is 3.63.